The summed E-state index contributed by atoms with van der Waals surface area (Å²) < 4.78 is 33.4. The summed E-state index contributed by atoms with van der Waals surface area (Å²) in [4.78, 5) is 18.0. The molecule has 0 aliphatic carbocycles. The maximum Gasteiger partial charge on any atom is 0.342 e. The Bertz CT molecular complexity index is 1140. The molecule has 0 aliphatic heterocycles. The Morgan fingerprint density at radius 2 is 2.00 bits per heavy atom. The quantitative estimate of drug-likeness (QED) is 0.302. The SMILES string of the molecule is CNc1cc(-c2cc(Nc3c(OC)cc(F)c([N+](=O)[O-])c3F)ncn2)ccc1C=N. The number of benzene rings is 2. The summed E-state index contributed by atoms with van der Waals surface area (Å²) in [6.07, 6.45) is 2.43. The Hall–Kier alpha value is -4.15. The standard InChI is InChI=1S/C19H16F2N6O3/c1-23-13-5-10(3-4-11(13)8-22)14-7-16(25-9-24-14)26-18-15(30-2)6-12(20)19(17(18)21)27(28)29/h3-9,22-23H,1-2H3,(H,24,25,26). The van der Waals surface area contributed by atoms with E-state index < -0.39 is 27.9 Å². The minimum absolute atomic E-state index is 0.111. The summed E-state index contributed by atoms with van der Waals surface area (Å²) in [6.45, 7) is 0. The molecule has 3 rings (SSSR count). The molecule has 2 aromatic carbocycles. The van der Waals surface area contributed by atoms with Gasteiger partial charge in [-0.25, -0.2) is 9.97 Å². The molecule has 0 atom stereocenters. The Kier molecular flexibility index (Phi) is 5.81. The van der Waals surface area contributed by atoms with Crippen LogP contribution >= 0.6 is 0 Å². The maximum atomic E-state index is 14.6. The Labute approximate surface area is 169 Å². The van der Waals surface area contributed by atoms with Crippen LogP contribution in [0.1, 0.15) is 5.56 Å². The van der Waals surface area contributed by atoms with E-state index in [9.17, 15) is 18.9 Å². The largest absolute Gasteiger partial charge is 0.494 e. The number of methoxy groups -OCH3 is 1. The van der Waals surface area contributed by atoms with Crippen molar-refractivity contribution < 1.29 is 18.4 Å². The molecule has 3 N–H and O–H groups in total. The highest BCUT2D eigenvalue weighted by molar-refractivity contribution is 5.88. The lowest BCUT2D eigenvalue weighted by molar-refractivity contribution is -0.390. The van der Waals surface area contributed by atoms with Crippen molar-refractivity contribution in [3.8, 4) is 17.0 Å². The lowest BCUT2D eigenvalue weighted by Gasteiger charge is -2.13. The van der Waals surface area contributed by atoms with Crippen molar-refractivity contribution in [1.82, 2.24) is 9.97 Å². The molecule has 0 radical (unpaired) electrons. The second-order valence-corrected chi connectivity index (χ2v) is 5.97. The fourth-order valence-electron chi connectivity index (χ4n) is 2.80. The van der Waals surface area contributed by atoms with Gasteiger partial charge in [0.25, 0.3) is 0 Å². The smallest absolute Gasteiger partial charge is 0.342 e. The van der Waals surface area contributed by atoms with Crippen molar-refractivity contribution >= 4 is 29.1 Å². The summed E-state index contributed by atoms with van der Waals surface area (Å²) in [5.41, 5.74) is 0.819. The van der Waals surface area contributed by atoms with Gasteiger partial charge in [0.2, 0.25) is 11.6 Å². The summed E-state index contributed by atoms with van der Waals surface area (Å²) in [5, 5.41) is 24.0. The minimum Gasteiger partial charge on any atom is -0.494 e. The molecule has 9 nitrogen and oxygen atoms in total. The lowest BCUT2D eigenvalue weighted by Crippen LogP contribution is -2.05. The number of halogens is 2. The van der Waals surface area contributed by atoms with Gasteiger partial charge in [-0.15, -0.1) is 0 Å². The van der Waals surface area contributed by atoms with Crippen LogP contribution < -0.4 is 15.4 Å². The van der Waals surface area contributed by atoms with Crippen LogP contribution in [0.5, 0.6) is 5.75 Å². The van der Waals surface area contributed by atoms with Crippen LogP contribution in [-0.4, -0.2) is 35.3 Å². The molecule has 0 unspecified atom stereocenters. The molecule has 154 valence electrons. The average Bonchev–Trinajstić information content (AvgIpc) is 2.74. The Morgan fingerprint density at radius 1 is 1.23 bits per heavy atom. The number of rotatable bonds is 7. The zero-order valence-corrected chi connectivity index (χ0v) is 15.9. The fraction of sp³-hybridized carbons (Fsp3) is 0.105. The number of aromatic nitrogens is 2. The van der Waals surface area contributed by atoms with E-state index in [1.807, 2.05) is 0 Å². The van der Waals surface area contributed by atoms with E-state index in [-0.39, 0.29) is 11.6 Å². The number of nitro groups is 1. The van der Waals surface area contributed by atoms with Crippen LogP contribution in [0.25, 0.3) is 11.3 Å². The predicted octanol–water partition coefficient (Wildman–Crippen LogP) is 4.12. The molecular formula is C19H16F2N6O3. The lowest BCUT2D eigenvalue weighted by atomic mass is 10.1. The van der Waals surface area contributed by atoms with Crippen LogP contribution in [0.3, 0.4) is 0 Å². The number of nitrogens with zero attached hydrogens (tertiary/aromatic N) is 3. The van der Waals surface area contributed by atoms with E-state index in [1.165, 1.54) is 25.7 Å². The molecule has 0 saturated heterocycles. The third kappa shape index (κ3) is 3.85. The zero-order chi connectivity index (χ0) is 21.8. The molecule has 1 heterocycles. The number of hydrogen-bond acceptors (Lipinski definition) is 8. The second-order valence-electron chi connectivity index (χ2n) is 5.97. The highest BCUT2D eigenvalue weighted by Crippen LogP contribution is 2.37. The van der Waals surface area contributed by atoms with Crippen molar-refractivity contribution in [3.63, 3.8) is 0 Å². The number of nitrogens with one attached hydrogen (secondary N) is 3. The van der Waals surface area contributed by atoms with Crippen molar-refractivity contribution in [2.45, 2.75) is 0 Å². The normalized spacial score (nSPS) is 10.4. The number of nitro benzene ring substituents is 1. The molecule has 30 heavy (non-hydrogen) atoms. The highest BCUT2D eigenvalue weighted by atomic mass is 19.1. The summed E-state index contributed by atoms with van der Waals surface area (Å²) >= 11 is 0. The van der Waals surface area contributed by atoms with E-state index in [0.29, 0.717) is 22.5 Å². The molecule has 1 aromatic heterocycles. The van der Waals surface area contributed by atoms with E-state index in [1.54, 1.807) is 25.2 Å². The molecule has 3 aromatic rings. The first-order valence-corrected chi connectivity index (χ1v) is 8.51. The molecule has 11 heteroatoms. The van der Waals surface area contributed by atoms with E-state index in [2.05, 4.69) is 20.6 Å². The first kappa shape index (κ1) is 20.6. The monoisotopic (exact) mass is 414 g/mol. The molecule has 0 bridgehead atoms. The van der Waals surface area contributed by atoms with Gasteiger partial charge in [-0.3, -0.25) is 10.1 Å². The molecule has 0 aliphatic rings. The van der Waals surface area contributed by atoms with Crippen molar-refractivity contribution in [2.75, 3.05) is 24.8 Å². The van der Waals surface area contributed by atoms with Crippen molar-refractivity contribution in [3.05, 3.63) is 64.0 Å². The average molecular weight is 414 g/mol. The third-order valence-corrected chi connectivity index (χ3v) is 4.25. The number of hydrogen-bond donors (Lipinski definition) is 3. The van der Waals surface area contributed by atoms with Gasteiger partial charge in [0.05, 0.1) is 17.7 Å². The molecule has 0 fully saturated rings. The van der Waals surface area contributed by atoms with Gasteiger partial charge in [-0.05, 0) is 6.07 Å². The van der Waals surface area contributed by atoms with Crippen molar-refractivity contribution in [2.24, 2.45) is 0 Å². The van der Waals surface area contributed by atoms with Crippen LogP contribution in [0.15, 0.2) is 36.7 Å². The minimum atomic E-state index is -1.41. The van der Waals surface area contributed by atoms with Gasteiger partial charge in [-0.2, -0.15) is 8.78 Å². The first-order valence-electron chi connectivity index (χ1n) is 8.51. The van der Waals surface area contributed by atoms with E-state index >= 15 is 0 Å². The van der Waals surface area contributed by atoms with Gasteiger partial charge in [-0.1, -0.05) is 12.1 Å². The van der Waals surface area contributed by atoms with Gasteiger partial charge < -0.3 is 20.8 Å². The summed E-state index contributed by atoms with van der Waals surface area (Å²) in [5.74, 6) is -2.91. The zero-order valence-electron chi connectivity index (χ0n) is 15.9. The van der Waals surface area contributed by atoms with Crippen molar-refractivity contribution in [1.29, 1.82) is 5.41 Å². The Balaban J connectivity index is 2.03. The highest BCUT2D eigenvalue weighted by Gasteiger charge is 2.28. The molecule has 0 spiro atoms. The van der Waals surface area contributed by atoms with Crippen LogP contribution in [0.4, 0.5) is 31.7 Å². The summed E-state index contributed by atoms with van der Waals surface area (Å²) in [7, 11) is 2.90. The maximum absolute atomic E-state index is 14.6. The number of ether oxygens (including phenoxy) is 1. The third-order valence-electron chi connectivity index (χ3n) is 4.25. The van der Waals surface area contributed by atoms with Crippen LogP contribution in [0.2, 0.25) is 0 Å². The van der Waals surface area contributed by atoms with Gasteiger partial charge >= 0.3 is 5.69 Å². The van der Waals surface area contributed by atoms with E-state index in [4.69, 9.17) is 10.1 Å². The van der Waals surface area contributed by atoms with Crippen LogP contribution in [-0.2, 0) is 0 Å². The predicted molar refractivity (Wildman–Crippen MR) is 108 cm³/mol. The van der Waals surface area contributed by atoms with Crippen LogP contribution in [0, 0.1) is 27.2 Å². The molecular weight excluding hydrogens is 398 g/mol. The first-order chi connectivity index (χ1) is 14.4. The van der Waals surface area contributed by atoms with E-state index in [0.717, 1.165) is 6.07 Å². The Morgan fingerprint density at radius 3 is 2.63 bits per heavy atom. The topological polar surface area (TPSA) is 126 Å². The van der Waals surface area contributed by atoms with Gasteiger partial charge in [0, 0.05) is 42.2 Å². The van der Waals surface area contributed by atoms with Gasteiger partial charge in [0.15, 0.2) is 0 Å². The summed E-state index contributed by atoms with van der Waals surface area (Å²) in [6, 6.07) is 7.47. The van der Waals surface area contributed by atoms with Gasteiger partial charge in [0.1, 0.15) is 23.6 Å². The molecule has 0 amide bonds. The second kappa shape index (κ2) is 8.47. The fourth-order valence-corrected chi connectivity index (χ4v) is 2.80. The number of anilines is 3. The molecule has 0 saturated carbocycles.